The van der Waals surface area contributed by atoms with Crippen LogP contribution in [-0.4, -0.2) is 21.6 Å². The van der Waals surface area contributed by atoms with Gasteiger partial charge in [-0.2, -0.15) is 0 Å². The molecule has 1 N–H and O–H groups in total. The summed E-state index contributed by atoms with van der Waals surface area (Å²) in [5, 5.41) is 0. The van der Waals surface area contributed by atoms with Gasteiger partial charge in [-0.3, -0.25) is 0 Å². The van der Waals surface area contributed by atoms with Gasteiger partial charge in [0.15, 0.2) is 11.6 Å². The first-order valence-electron chi connectivity index (χ1n) is 5.64. The number of rotatable bonds is 5. The maximum absolute atomic E-state index is 13.5. The molecule has 0 aliphatic rings. The normalized spacial score (nSPS) is 13.7. The van der Waals surface area contributed by atoms with Crippen molar-refractivity contribution in [1.29, 1.82) is 0 Å². The van der Waals surface area contributed by atoms with Crippen LogP contribution in [0.25, 0.3) is 0 Å². The fourth-order valence-electron chi connectivity index (χ4n) is 1.26. The Bertz CT molecular complexity index is 514. The molecule has 0 aliphatic heterocycles. The first-order chi connectivity index (χ1) is 8.27. The van der Waals surface area contributed by atoms with E-state index in [0.29, 0.717) is 0 Å². The molecular weight excluding hydrogens is 257 g/mol. The maximum Gasteiger partial charge on any atom is 0.240 e. The van der Waals surface area contributed by atoms with Gasteiger partial charge < -0.3 is 4.74 Å². The molecule has 0 bridgehead atoms. The molecule has 1 rings (SSSR count). The van der Waals surface area contributed by atoms with Gasteiger partial charge in [-0.05, 0) is 31.0 Å². The molecule has 0 amide bonds. The molecule has 0 aliphatic carbocycles. The average Bonchev–Trinajstić information content (AvgIpc) is 2.28. The largest absolute Gasteiger partial charge is 0.494 e. The van der Waals surface area contributed by atoms with Crippen molar-refractivity contribution in [3.05, 3.63) is 24.0 Å². The molecule has 0 spiro atoms. The minimum absolute atomic E-state index is 0.0193. The predicted octanol–water partition coefficient (Wildman–Crippen LogP) is 2.16. The van der Waals surface area contributed by atoms with E-state index in [2.05, 4.69) is 4.72 Å². The van der Waals surface area contributed by atoms with Gasteiger partial charge in [0.2, 0.25) is 10.0 Å². The summed E-state index contributed by atoms with van der Waals surface area (Å²) in [6, 6.07) is 3.34. The molecule has 0 saturated carbocycles. The van der Waals surface area contributed by atoms with Gasteiger partial charge in [-0.15, -0.1) is 0 Å². The zero-order valence-electron chi connectivity index (χ0n) is 10.9. The highest BCUT2D eigenvalue weighted by atomic mass is 32.2. The number of sulfonamides is 1. The van der Waals surface area contributed by atoms with Crippen molar-refractivity contribution in [1.82, 2.24) is 4.72 Å². The van der Waals surface area contributed by atoms with Crippen LogP contribution in [0.4, 0.5) is 4.39 Å². The molecule has 0 aromatic heterocycles. The summed E-state index contributed by atoms with van der Waals surface area (Å²) >= 11 is 0. The molecule has 4 nitrogen and oxygen atoms in total. The monoisotopic (exact) mass is 275 g/mol. The lowest BCUT2D eigenvalue weighted by Gasteiger charge is -2.17. The summed E-state index contributed by atoms with van der Waals surface area (Å²) in [5.41, 5.74) is 0. The molecule has 18 heavy (non-hydrogen) atoms. The lowest BCUT2D eigenvalue weighted by Crippen LogP contribution is -2.36. The Morgan fingerprint density at radius 1 is 1.28 bits per heavy atom. The van der Waals surface area contributed by atoms with Crippen LogP contribution >= 0.6 is 0 Å². The quantitative estimate of drug-likeness (QED) is 0.896. The summed E-state index contributed by atoms with van der Waals surface area (Å²) < 4.78 is 44.7. The van der Waals surface area contributed by atoms with Crippen LogP contribution < -0.4 is 9.46 Å². The van der Waals surface area contributed by atoms with E-state index in [1.54, 1.807) is 6.92 Å². The zero-order chi connectivity index (χ0) is 13.9. The molecule has 0 radical (unpaired) electrons. The maximum atomic E-state index is 13.5. The Hall–Kier alpha value is -1.14. The topological polar surface area (TPSA) is 55.4 Å². The van der Waals surface area contributed by atoms with Crippen LogP contribution in [-0.2, 0) is 10.0 Å². The second-order valence-electron chi connectivity index (χ2n) is 4.45. The molecule has 1 atom stereocenters. The Labute approximate surface area is 107 Å². The van der Waals surface area contributed by atoms with Crippen molar-refractivity contribution in [2.75, 3.05) is 7.11 Å². The average molecular weight is 275 g/mol. The highest BCUT2D eigenvalue weighted by molar-refractivity contribution is 7.89. The first-order valence-corrected chi connectivity index (χ1v) is 7.12. The van der Waals surface area contributed by atoms with E-state index in [1.165, 1.54) is 19.2 Å². The molecule has 0 fully saturated rings. The van der Waals surface area contributed by atoms with Crippen LogP contribution in [0.15, 0.2) is 23.1 Å². The van der Waals surface area contributed by atoms with Crippen molar-refractivity contribution in [3.8, 4) is 5.75 Å². The third-order valence-corrected chi connectivity index (χ3v) is 4.33. The smallest absolute Gasteiger partial charge is 0.240 e. The Morgan fingerprint density at radius 3 is 2.33 bits per heavy atom. The fraction of sp³-hybridized carbons (Fsp3) is 0.500. The summed E-state index contributed by atoms with van der Waals surface area (Å²) in [5.74, 6) is -0.522. The van der Waals surface area contributed by atoms with Gasteiger partial charge in [0, 0.05) is 6.04 Å². The number of halogens is 1. The Balaban J connectivity index is 3.02. The summed E-state index contributed by atoms with van der Waals surface area (Å²) in [7, 11) is -2.37. The highest BCUT2D eigenvalue weighted by Gasteiger charge is 2.20. The van der Waals surface area contributed by atoms with E-state index < -0.39 is 15.8 Å². The van der Waals surface area contributed by atoms with Gasteiger partial charge in [-0.25, -0.2) is 17.5 Å². The summed E-state index contributed by atoms with van der Waals surface area (Å²) in [6.07, 6.45) is 0. The van der Waals surface area contributed by atoms with Gasteiger partial charge >= 0.3 is 0 Å². The number of hydrogen-bond acceptors (Lipinski definition) is 3. The minimum atomic E-state index is -3.70. The second kappa shape index (κ2) is 5.67. The molecule has 0 unspecified atom stereocenters. The van der Waals surface area contributed by atoms with Gasteiger partial charge in [0.25, 0.3) is 0 Å². The third kappa shape index (κ3) is 3.43. The van der Waals surface area contributed by atoms with E-state index in [4.69, 9.17) is 4.74 Å². The molecule has 6 heteroatoms. The van der Waals surface area contributed by atoms with Crippen molar-refractivity contribution in [2.24, 2.45) is 5.92 Å². The molecule has 0 saturated heterocycles. The number of ether oxygens (including phenoxy) is 1. The Kier molecular flexibility index (Phi) is 4.70. The molecule has 0 heterocycles. The van der Waals surface area contributed by atoms with Crippen molar-refractivity contribution in [3.63, 3.8) is 0 Å². The lowest BCUT2D eigenvalue weighted by molar-refractivity contribution is 0.385. The van der Waals surface area contributed by atoms with Crippen LogP contribution in [0.3, 0.4) is 0 Å². The van der Waals surface area contributed by atoms with Gasteiger partial charge in [-0.1, -0.05) is 13.8 Å². The fourth-order valence-corrected chi connectivity index (χ4v) is 2.67. The van der Waals surface area contributed by atoms with E-state index in [1.807, 2.05) is 13.8 Å². The van der Waals surface area contributed by atoms with Gasteiger partial charge in [0.1, 0.15) is 0 Å². The number of hydrogen-bond donors (Lipinski definition) is 1. The number of nitrogens with one attached hydrogen (secondary N) is 1. The van der Waals surface area contributed by atoms with Crippen molar-refractivity contribution in [2.45, 2.75) is 31.7 Å². The number of benzene rings is 1. The van der Waals surface area contributed by atoms with Crippen LogP contribution in [0.1, 0.15) is 20.8 Å². The van der Waals surface area contributed by atoms with E-state index >= 15 is 0 Å². The minimum Gasteiger partial charge on any atom is -0.494 e. The molecule has 102 valence electrons. The third-order valence-electron chi connectivity index (χ3n) is 2.77. The highest BCUT2D eigenvalue weighted by Crippen LogP contribution is 2.21. The SMILES string of the molecule is COc1ccc(S(=O)(=O)N[C@H](C)C(C)C)cc1F. The zero-order valence-corrected chi connectivity index (χ0v) is 11.7. The Morgan fingerprint density at radius 2 is 1.89 bits per heavy atom. The molecule has 1 aromatic rings. The lowest BCUT2D eigenvalue weighted by atomic mass is 10.1. The molecular formula is C12H18FNO3S. The first kappa shape index (κ1) is 14.9. The summed E-state index contributed by atoms with van der Waals surface area (Å²) in [4.78, 5) is -0.103. The van der Waals surface area contributed by atoms with E-state index in [0.717, 1.165) is 6.07 Å². The number of methoxy groups -OCH3 is 1. The van der Waals surface area contributed by atoms with Crippen molar-refractivity contribution < 1.29 is 17.5 Å². The van der Waals surface area contributed by atoms with E-state index in [9.17, 15) is 12.8 Å². The molecule has 1 aromatic carbocycles. The summed E-state index contributed by atoms with van der Waals surface area (Å²) in [6.45, 7) is 5.58. The van der Waals surface area contributed by atoms with Gasteiger partial charge in [0.05, 0.1) is 12.0 Å². The van der Waals surface area contributed by atoms with Crippen LogP contribution in [0, 0.1) is 11.7 Å². The van der Waals surface area contributed by atoms with Crippen LogP contribution in [0.5, 0.6) is 5.75 Å². The van der Waals surface area contributed by atoms with Crippen LogP contribution in [0.2, 0.25) is 0 Å². The predicted molar refractivity (Wildman–Crippen MR) is 67.6 cm³/mol. The second-order valence-corrected chi connectivity index (χ2v) is 6.16. The standard InChI is InChI=1S/C12H18FNO3S/c1-8(2)9(3)14-18(15,16)10-5-6-12(17-4)11(13)7-10/h5-9,14H,1-4H3/t9-/m1/s1. The van der Waals surface area contributed by atoms with Crippen molar-refractivity contribution >= 4 is 10.0 Å². The van der Waals surface area contributed by atoms with E-state index in [-0.39, 0.29) is 22.6 Å².